The summed E-state index contributed by atoms with van der Waals surface area (Å²) < 4.78 is 14.2. The van der Waals surface area contributed by atoms with E-state index in [2.05, 4.69) is 10.6 Å². The molecule has 27 heavy (non-hydrogen) atoms. The van der Waals surface area contributed by atoms with Crippen LogP contribution in [0.3, 0.4) is 0 Å². The van der Waals surface area contributed by atoms with Gasteiger partial charge >= 0.3 is 0 Å². The van der Waals surface area contributed by atoms with Crippen molar-refractivity contribution in [2.24, 2.45) is 5.92 Å². The summed E-state index contributed by atoms with van der Waals surface area (Å²) in [6.45, 7) is 2.37. The maximum Gasteiger partial charge on any atom is 0.251 e. The summed E-state index contributed by atoms with van der Waals surface area (Å²) in [4.78, 5) is 37.9. The summed E-state index contributed by atoms with van der Waals surface area (Å²) in [6.07, 6.45) is 0.0184. The van der Waals surface area contributed by atoms with E-state index in [1.165, 1.54) is 11.0 Å². The average molecular weight is 367 g/mol. The first-order chi connectivity index (χ1) is 12.9. The zero-order chi connectivity index (χ0) is 19.1. The standard InChI is InChI=1S/C20H18FN3O3/c1-11-2-5-17(16(21)6-11)24-10-13(7-18(24)25)19(26)23-14-4-3-12-9-22-20(27)15(12)8-14/h2-6,8,13H,7,9-10H2,1H3,(H,22,27)(H,23,26)/t13-/m0/s1. The van der Waals surface area contributed by atoms with Gasteiger partial charge in [-0.1, -0.05) is 12.1 Å². The van der Waals surface area contributed by atoms with Crippen LogP contribution in [0.15, 0.2) is 36.4 Å². The van der Waals surface area contributed by atoms with E-state index in [0.29, 0.717) is 17.8 Å². The average Bonchev–Trinajstić information content (AvgIpc) is 3.19. The van der Waals surface area contributed by atoms with Gasteiger partial charge < -0.3 is 15.5 Å². The normalized spacial score (nSPS) is 18.4. The second-order valence-electron chi connectivity index (χ2n) is 6.90. The molecule has 0 bridgehead atoms. The molecule has 1 fully saturated rings. The molecule has 2 aliphatic heterocycles. The van der Waals surface area contributed by atoms with E-state index >= 15 is 0 Å². The molecule has 2 heterocycles. The van der Waals surface area contributed by atoms with Gasteiger partial charge in [-0.3, -0.25) is 14.4 Å². The van der Waals surface area contributed by atoms with Gasteiger partial charge in [0.2, 0.25) is 11.8 Å². The van der Waals surface area contributed by atoms with Crippen molar-refractivity contribution in [2.75, 3.05) is 16.8 Å². The zero-order valence-electron chi connectivity index (χ0n) is 14.7. The van der Waals surface area contributed by atoms with Crippen LogP contribution in [0.1, 0.15) is 27.9 Å². The Morgan fingerprint density at radius 3 is 2.81 bits per heavy atom. The first-order valence-electron chi connectivity index (χ1n) is 8.71. The number of anilines is 2. The smallest absolute Gasteiger partial charge is 0.251 e. The number of halogens is 1. The van der Waals surface area contributed by atoms with Crippen molar-refractivity contribution in [3.05, 3.63) is 58.9 Å². The quantitative estimate of drug-likeness (QED) is 0.874. The van der Waals surface area contributed by atoms with Crippen molar-refractivity contribution in [3.8, 4) is 0 Å². The molecule has 1 saturated heterocycles. The second-order valence-corrected chi connectivity index (χ2v) is 6.90. The minimum Gasteiger partial charge on any atom is -0.348 e. The molecule has 3 amide bonds. The predicted octanol–water partition coefficient (Wildman–Crippen LogP) is 2.37. The molecule has 0 unspecified atom stereocenters. The highest BCUT2D eigenvalue weighted by atomic mass is 19.1. The van der Waals surface area contributed by atoms with Crippen LogP contribution < -0.4 is 15.5 Å². The van der Waals surface area contributed by atoms with E-state index in [0.717, 1.165) is 11.1 Å². The van der Waals surface area contributed by atoms with Crippen LogP contribution in [0.25, 0.3) is 0 Å². The maximum absolute atomic E-state index is 14.2. The number of carbonyl (C=O) groups excluding carboxylic acids is 3. The Morgan fingerprint density at radius 2 is 2.04 bits per heavy atom. The number of fused-ring (bicyclic) bond motifs is 1. The van der Waals surface area contributed by atoms with Crippen molar-refractivity contribution >= 4 is 29.1 Å². The molecule has 138 valence electrons. The Kier molecular flexibility index (Phi) is 4.14. The number of hydrogen-bond acceptors (Lipinski definition) is 3. The lowest BCUT2D eigenvalue weighted by Crippen LogP contribution is -2.28. The highest BCUT2D eigenvalue weighted by molar-refractivity contribution is 6.04. The molecule has 0 radical (unpaired) electrons. The summed E-state index contributed by atoms with van der Waals surface area (Å²) in [5, 5.41) is 5.48. The lowest BCUT2D eigenvalue weighted by molar-refractivity contribution is -0.122. The number of hydrogen-bond donors (Lipinski definition) is 2. The Bertz CT molecular complexity index is 973. The molecule has 0 aromatic heterocycles. The highest BCUT2D eigenvalue weighted by Gasteiger charge is 2.36. The van der Waals surface area contributed by atoms with Crippen molar-refractivity contribution in [3.63, 3.8) is 0 Å². The molecular formula is C20H18FN3O3. The fourth-order valence-electron chi connectivity index (χ4n) is 3.48. The Labute approximate surface area is 155 Å². The van der Waals surface area contributed by atoms with Crippen LogP contribution >= 0.6 is 0 Å². The SMILES string of the molecule is Cc1ccc(N2C[C@@H](C(=O)Nc3ccc4c(c3)C(=O)NC4)CC2=O)c(F)c1. The molecule has 1 atom stereocenters. The zero-order valence-corrected chi connectivity index (χ0v) is 14.7. The summed E-state index contributed by atoms with van der Waals surface area (Å²) in [5.41, 5.74) is 2.88. The van der Waals surface area contributed by atoms with Gasteiger partial charge in [0.25, 0.3) is 5.91 Å². The third-order valence-corrected chi connectivity index (χ3v) is 4.95. The van der Waals surface area contributed by atoms with Gasteiger partial charge in [-0.25, -0.2) is 4.39 Å². The largest absolute Gasteiger partial charge is 0.348 e. The van der Waals surface area contributed by atoms with Gasteiger partial charge in [-0.15, -0.1) is 0 Å². The molecule has 4 rings (SSSR count). The summed E-state index contributed by atoms with van der Waals surface area (Å²) >= 11 is 0. The van der Waals surface area contributed by atoms with Crippen molar-refractivity contribution in [1.82, 2.24) is 5.32 Å². The molecule has 2 aromatic rings. The maximum atomic E-state index is 14.2. The molecular weight excluding hydrogens is 349 g/mol. The van der Waals surface area contributed by atoms with Crippen molar-refractivity contribution in [1.29, 1.82) is 0 Å². The topological polar surface area (TPSA) is 78.5 Å². The minimum absolute atomic E-state index is 0.0184. The molecule has 6 nitrogen and oxygen atoms in total. The Hall–Kier alpha value is -3.22. The van der Waals surface area contributed by atoms with E-state index in [1.807, 2.05) is 0 Å². The lowest BCUT2D eigenvalue weighted by Gasteiger charge is -2.18. The van der Waals surface area contributed by atoms with Crippen LogP contribution in [0.4, 0.5) is 15.8 Å². The van der Waals surface area contributed by atoms with Gasteiger partial charge in [0.1, 0.15) is 5.82 Å². The second kappa shape index (κ2) is 6.50. The minimum atomic E-state index is -0.583. The van der Waals surface area contributed by atoms with Gasteiger partial charge in [-0.05, 0) is 42.3 Å². The third-order valence-electron chi connectivity index (χ3n) is 4.95. The molecule has 0 spiro atoms. The van der Waals surface area contributed by atoms with Crippen molar-refractivity contribution in [2.45, 2.75) is 19.9 Å². The van der Waals surface area contributed by atoms with Gasteiger partial charge in [0.05, 0.1) is 11.6 Å². The van der Waals surface area contributed by atoms with Crippen LogP contribution in [0, 0.1) is 18.7 Å². The Balaban J connectivity index is 1.48. The molecule has 0 aliphatic carbocycles. The first kappa shape index (κ1) is 17.2. The van der Waals surface area contributed by atoms with Crippen LogP contribution in [0.2, 0.25) is 0 Å². The monoisotopic (exact) mass is 367 g/mol. The molecule has 2 aromatic carbocycles. The van der Waals surface area contributed by atoms with E-state index in [9.17, 15) is 18.8 Å². The number of rotatable bonds is 3. The van der Waals surface area contributed by atoms with Crippen molar-refractivity contribution < 1.29 is 18.8 Å². The van der Waals surface area contributed by atoms with E-state index in [4.69, 9.17) is 0 Å². The first-order valence-corrected chi connectivity index (χ1v) is 8.71. The number of benzene rings is 2. The summed E-state index contributed by atoms with van der Waals surface area (Å²) in [5.74, 6) is -1.84. The highest BCUT2D eigenvalue weighted by Crippen LogP contribution is 2.29. The third kappa shape index (κ3) is 3.16. The number of aryl methyl sites for hydroxylation is 1. The number of nitrogens with one attached hydrogen (secondary N) is 2. The fourth-order valence-corrected chi connectivity index (χ4v) is 3.48. The number of nitrogens with zero attached hydrogens (tertiary/aromatic N) is 1. The van der Waals surface area contributed by atoms with Crippen LogP contribution in [-0.2, 0) is 16.1 Å². The fraction of sp³-hybridized carbons (Fsp3) is 0.250. The van der Waals surface area contributed by atoms with E-state index in [1.54, 1.807) is 37.3 Å². The predicted molar refractivity (Wildman–Crippen MR) is 97.8 cm³/mol. The van der Waals surface area contributed by atoms with Gasteiger partial charge in [-0.2, -0.15) is 0 Å². The molecule has 2 N–H and O–H groups in total. The molecule has 2 aliphatic rings. The Morgan fingerprint density at radius 1 is 1.22 bits per heavy atom. The van der Waals surface area contributed by atoms with E-state index in [-0.39, 0.29) is 36.4 Å². The van der Waals surface area contributed by atoms with Crippen LogP contribution in [0.5, 0.6) is 0 Å². The summed E-state index contributed by atoms with van der Waals surface area (Å²) in [7, 11) is 0. The summed E-state index contributed by atoms with van der Waals surface area (Å²) in [6, 6.07) is 9.80. The lowest BCUT2D eigenvalue weighted by atomic mass is 10.1. The van der Waals surface area contributed by atoms with Gasteiger partial charge in [0, 0.05) is 30.8 Å². The number of amides is 3. The molecule has 0 saturated carbocycles. The van der Waals surface area contributed by atoms with Crippen LogP contribution in [-0.4, -0.2) is 24.3 Å². The molecule has 7 heteroatoms. The number of carbonyl (C=O) groups is 3. The van der Waals surface area contributed by atoms with Gasteiger partial charge in [0.15, 0.2) is 0 Å². The van der Waals surface area contributed by atoms with E-state index < -0.39 is 11.7 Å².